The summed E-state index contributed by atoms with van der Waals surface area (Å²) in [5.41, 5.74) is 4.57. The Balaban J connectivity index is 1.52. The van der Waals surface area contributed by atoms with E-state index in [2.05, 4.69) is 21.0 Å². The van der Waals surface area contributed by atoms with Gasteiger partial charge in [-0.15, -0.1) is 0 Å². The molecular formula is C29H26ClN5O3. The lowest BCUT2D eigenvalue weighted by Gasteiger charge is -2.30. The fraction of sp³-hybridized carbons (Fsp3) is 0.138. The van der Waals surface area contributed by atoms with Crippen LogP contribution >= 0.6 is 11.6 Å². The third-order valence-corrected chi connectivity index (χ3v) is 6.57. The summed E-state index contributed by atoms with van der Waals surface area (Å²) >= 11 is 6.15. The van der Waals surface area contributed by atoms with E-state index in [-0.39, 0.29) is 11.8 Å². The van der Waals surface area contributed by atoms with Gasteiger partial charge >= 0.3 is 0 Å². The van der Waals surface area contributed by atoms with Gasteiger partial charge in [-0.3, -0.25) is 9.59 Å². The summed E-state index contributed by atoms with van der Waals surface area (Å²) in [7, 11) is 1.59. The molecule has 1 aliphatic heterocycles. The first kappa shape index (κ1) is 25.1. The Morgan fingerprint density at radius 3 is 2.34 bits per heavy atom. The summed E-state index contributed by atoms with van der Waals surface area (Å²) in [5.74, 6) is 0.577. The summed E-state index contributed by atoms with van der Waals surface area (Å²) in [6.45, 7) is 3.77. The van der Waals surface area contributed by atoms with Crippen LogP contribution in [0.5, 0.6) is 5.75 Å². The molecule has 0 radical (unpaired) electrons. The molecule has 0 saturated carbocycles. The second kappa shape index (κ2) is 10.4. The Bertz CT molecular complexity index is 1540. The van der Waals surface area contributed by atoms with Gasteiger partial charge in [-0.2, -0.15) is 5.10 Å². The molecule has 0 fully saturated rings. The van der Waals surface area contributed by atoms with E-state index in [0.29, 0.717) is 44.8 Å². The monoisotopic (exact) mass is 527 g/mol. The topological polar surface area (TPSA) is 97.3 Å². The second-order valence-electron chi connectivity index (χ2n) is 8.98. The van der Waals surface area contributed by atoms with Crippen LogP contribution in [-0.2, 0) is 4.79 Å². The van der Waals surface area contributed by atoms with Gasteiger partial charge in [0.15, 0.2) is 0 Å². The molecule has 0 bridgehead atoms. The molecule has 2 heterocycles. The van der Waals surface area contributed by atoms with E-state index >= 15 is 0 Å². The number of aromatic nitrogens is 2. The van der Waals surface area contributed by atoms with Crippen LogP contribution in [0.2, 0.25) is 5.02 Å². The first-order valence-corrected chi connectivity index (χ1v) is 12.4. The molecule has 1 aromatic heterocycles. The van der Waals surface area contributed by atoms with Crippen molar-refractivity contribution in [3.8, 4) is 5.75 Å². The summed E-state index contributed by atoms with van der Waals surface area (Å²) in [4.78, 5) is 26.9. The van der Waals surface area contributed by atoms with Gasteiger partial charge in [-0.05, 0) is 73.5 Å². The smallest absolute Gasteiger partial charge is 0.261 e. The van der Waals surface area contributed by atoms with Gasteiger partial charge in [-0.1, -0.05) is 35.9 Å². The maximum atomic E-state index is 13.6. The van der Waals surface area contributed by atoms with Crippen molar-refractivity contribution < 1.29 is 14.3 Å². The SMILES string of the molecule is COc1ccc(NC(=O)C2=C(C)Nc3c(C(=O)Nc4cccc(C)c4)cnn3[C@@H]2c2ccc(Cl)cc2)cc1. The number of methoxy groups -OCH3 is 1. The van der Waals surface area contributed by atoms with Crippen molar-refractivity contribution in [3.05, 3.63) is 112 Å². The number of nitrogens with zero attached hydrogens (tertiary/aromatic N) is 2. The Hall–Kier alpha value is -4.56. The number of carbonyl (C=O) groups excluding carboxylic acids is 2. The molecule has 38 heavy (non-hydrogen) atoms. The van der Waals surface area contributed by atoms with Gasteiger partial charge in [0.1, 0.15) is 23.2 Å². The van der Waals surface area contributed by atoms with Crippen LogP contribution in [0.3, 0.4) is 0 Å². The number of halogens is 1. The van der Waals surface area contributed by atoms with Crippen LogP contribution in [0.25, 0.3) is 0 Å². The van der Waals surface area contributed by atoms with Gasteiger partial charge in [0, 0.05) is 22.1 Å². The number of carbonyl (C=O) groups is 2. The number of aryl methyl sites for hydroxylation is 1. The largest absolute Gasteiger partial charge is 0.497 e. The van der Waals surface area contributed by atoms with E-state index in [1.807, 2.05) is 50.2 Å². The third kappa shape index (κ3) is 4.99. The Labute approximate surface area is 225 Å². The lowest BCUT2D eigenvalue weighted by atomic mass is 9.94. The van der Waals surface area contributed by atoms with E-state index in [9.17, 15) is 9.59 Å². The third-order valence-electron chi connectivity index (χ3n) is 6.32. The van der Waals surface area contributed by atoms with Gasteiger partial charge in [0.2, 0.25) is 0 Å². The Morgan fingerprint density at radius 2 is 1.66 bits per heavy atom. The number of fused-ring (bicyclic) bond motifs is 1. The predicted octanol–water partition coefficient (Wildman–Crippen LogP) is 6.03. The van der Waals surface area contributed by atoms with Crippen molar-refractivity contribution in [1.82, 2.24) is 9.78 Å². The van der Waals surface area contributed by atoms with Crippen LogP contribution < -0.4 is 20.7 Å². The van der Waals surface area contributed by atoms with Crippen molar-refractivity contribution in [1.29, 1.82) is 0 Å². The van der Waals surface area contributed by atoms with E-state index in [1.165, 1.54) is 6.20 Å². The van der Waals surface area contributed by atoms with Gasteiger partial charge in [0.25, 0.3) is 11.8 Å². The number of benzene rings is 3. The van der Waals surface area contributed by atoms with Crippen LogP contribution in [0.4, 0.5) is 17.2 Å². The number of nitrogens with one attached hydrogen (secondary N) is 3. The lowest BCUT2D eigenvalue weighted by molar-refractivity contribution is -0.113. The highest BCUT2D eigenvalue weighted by Crippen LogP contribution is 2.38. The van der Waals surface area contributed by atoms with Crippen LogP contribution in [0.1, 0.15) is 34.5 Å². The molecule has 8 nitrogen and oxygen atoms in total. The summed E-state index contributed by atoms with van der Waals surface area (Å²) in [6, 6.07) is 21.3. The second-order valence-corrected chi connectivity index (χ2v) is 9.41. The fourth-order valence-electron chi connectivity index (χ4n) is 4.46. The van der Waals surface area contributed by atoms with Crippen LogP contribution in [-0.4, -0.2) is 28.7 Å². The minimum Gasteiger partial charge on any atom is -0.497 e. The number of amides is 2. The minimum atomic E-state index is -0.595. The van der Waals surface area contributed by atoms with E-state index in [1.54, 1.807) is 48.2 Å². The molecule has 9 heteroatoms. The maximum Gasteiger partial charge on any atom is 0.261 e. The first-order valence-electron chi connectivity index (χ1n) is 12.0. The molecular weight excluding hydrogens is 502 g/mol. The highest BCUT2D eigenvalue weighted by Gasteiger charge is 2.35. The normalized spacial score (nSPS) is 14.4. The first-order chi connectivity index (χ1) is 18.3. The van der Waals surface area contributed by atoms with Crippen LogP contribution in [0, 0.1) is 6.92 Å². The molecule has 0 aliphatic carbocycles. The van der Waals surface area contributed by atoms with Crippen molar-refractivity contribution >= 4 is 40.6 Å². The molecule has 0 spiro atoms. The zero-order valence-electron chi connectivity index (χ0n) is 21.1. The molecule has 0 unspecified atom stereocenters. The number of allylic oxidation sites excluding steroid dienone is 1. The molecule has 1 atom stereocenters. The summed E-state index contributed by atoms with van der Waals surface area (Å²) < 4.78 is 6.87. The summed E-state index contributed by atoms with van der Waals surface area (Å²) in [5, 5.41) is 14.3. The molecule has 0 saturated heterocycles. The van der Waals surface area contributed by atoms with E-state index < -0.39 is 6.04 Å². The van der Waals surface area contributed by atoms with Crippen molar-refractivity contribution in [2.75, 3.05) is 23.1 Å². The minimum absolute atomic E-state index is 0.299. The molecule has 192 valence electrons. The summed E-state index contributed by atoms with van der Waals surface area (Å²) in [6.07, 6.45) is 1.51. The van der Waals surface area contributed by atoms with Crippen molar-refractivity contribution in [2.24, 2.45) is 0 Å². The molecule has 3 N–H and O–H groups in total. The van der Waals surface area contributed by atoms with Crippen molar-refractivity contribution in [3.63, 3.8) is 0 Å². The van der Waals surface area contributed by atoms with Gasteiger partial charge < -0.3 is 20.7 Å². The van der Waals surface area contributed by atoms with Gasteiger partial charge in [0.05, 0.1) is 18.9 Å². The Kier molecular flexibility index (Phi) is 6.89. The highest BCUT2D eigenvalue weighted by molar-refractivity contribution is 6.30. The quantitative estimate of drug-likeness (QED) is 0.284. The molecule has 3 aromatic carbocycles. The standard InChI is InChI=1S/C29H26ClN5O3/c1-17-5-4-6-22(15-17)34-28(36)24-16-31-35-26(19-7-9-20(30)10-8-19)25(18(2)32-27(24)35)29(37)33-21-11-13-23(38-3)14-12-21/h4-16,26,32H,1-3H3,(H,33,37)(H,34,36)/t26-/m1/s1. The zero-order chi connectivity index (χ0) is 26.8. The van der Waals surface area contributed by atoms with Gasteiger partial charge in [-0.25, -0.2) is 4.68 Å². The average molecular weight is 528 g/mol. The maximum absolute atomic E-state index is 13.6. The molecule has 4 aromatic rings. The number of hydrogen-bond donors (Lipinski definition) is 3. The molecule has 1 aliphatic rings. The number of hydrogen-bond acceptors (Lipinski definition) is 5. The zero-order valence-corrected chi connectivity index (χ0v) is 21.8. The van der Waals surface area contributed by atoms with Crippen molar-refractivity contribution in [2.45, 2.75) is 19.9 Å². The molecule has 2 amide bonds. The molecule has 5 rings (SSSR count). The number of ether oxygens (including phenoxy) is 1. The fourth-order valence-corrected chi connectivity index (χ4v) is 4.59. The number of rotatable bonds is 6. The number of anilines is 3. The average Bonchev–Trinajstić information content (AvgIpc) is 3.32. The predicted molar refractivity (Wildman–Crippen MR) is 149 cm³/mol. The van der Waals surface area contributed by atoms with E-state index in [4.69, 9.17) is 16.3 Å². The van der Waals surface area contributed by atoms with E-state index in [0.717, 1.165) is 11.1 Å². The Morgan fingerprint density at radius 1 is 0.947 bits per heavy atom. The lowest BCUT2D eigenvalue weighted by Crippen LogP contribution is -2.32. The van der Waals surface area contributed by atoms with Crippen LogP contribution in [0.15, 0.2) is 90.3 Å². The highest BCUT2D eigenvalue weighted by atomic mass is 35.5.